The second kappa shape index (κ2) is 6.63. The molecule has 13 heavy (non-hydrogen) atoms. The maximum atomic E-state index is 5.36. The molecular formula is C11H18N2. The Morgan fingerprint density at radius 3 is 2.54 bits per heavy atom. The van der Waals surface area contributed by atoms with Gasteiger partial charge in [0.1, 0.15) is 0 Å². The third-order valence-corrected chi connectivity index (χ3v) is 1.98. The van der Waals surface area contributed by atoms with Crippen molar-refractivity contribution in [3.05, 3.63) is 35.9 Å². The van der Waals surface area contributed by atoms with Crippen LogP contribution in [0.25, 0.3) is 0 Å². The zero-order valence-electron chi connectivity index (χ0n) is 8.00. The van der Waals surface area contributed by atoms with E-state index in [0.717, 1.165) is 26.1 Å². The molecule has 0 heterocycles. The lowest BCUT2D eigenvalue weighted by Gasteiger charge is -2.02. The van der Waals surface area contributed by atoms with Gasteiger partial charge in [0.05, 0.1) is 0 Å². The van der Waals surface area contributed by atoms with Crippen molar-refractivity contribution in [2.45, 2.75) is 12.8 Å². The highest BCUT2D eigenvalue weighted by molar-refractivity contribution is 5.14. The van der Waals surface area contributed by atoms with Crippen LogP contribution in [0.2, 0.25) is 0 Å². The highest BCUT2D eigenvalue weighted by Gasteiger charge is 1.90. The summed E-state index contributed by atoms with van der Waals surface area (Å²) in [6.07, 6.45) is 2.34. The van der Waals surface area contributed by atoms with Crippen molar-refractivity contribution in [3.8, 4) is 0 Å². The molecule has 0 fully saturated rings. The molecule has 2 nitrogen and oxygen atoms in total. The van der Waals surface area contributed by atoms with Crippen molar-refractivity contribution in [3.63, 3.8) is 0 Å². The molecule has 2 heteroatoms. The number of aryl methyl sites for hydroxylation is 1. The van der Waals surface area contributed by atoms with Crippen molar-refractivity contribution in [1.29, 1.82) is 0 Å². The quantitative estimate of drug-likeness (QED) is 0.642. The fourth-order valence-corrected chi connectivity index (χ4v) is 1.29. The van der Waals surface area contributed by atoms with Gasteiger partial charge in [0.15, 0.2) is 0 Å². The number of nitrogens with one attached hydrogen (secondary N) is 1. The first-order valence-electron chi connectivity index (χ1n) is 4.88. The summed E-state index contributed by atoms with van der Waals surface area (Å²) in [5, 5.41) is 3.28. The summed E-state index contributed by atoms with van der Waals surface area (Å²) in [5.41, 5.74) is 6.77. The van der Waals surface area contributed by atoms with E-state index in [4.69, 9.17) is 5.73 Å². The lowest BCUT2D eigenvalue weighted by Crippen LogP contribution is -2.23. The summed E-state index contributed by atoms with van der Waals surface area (Å²) >= 11 is 0. The van der Waals surface area contributed by atoms with Crippen molar-refractivity contribution in [1.82, 2.24) is 5.32 Å². The van der Waals surface area contributed by atoms with E-state index in [0.29, 0.717) is 0 Å². The minimum Gasteiger partial charge on any atom is -0.329 e. The topological polar surface area (TPSA) is 38.0 Å². The van der Waals surface area contributed by atoms with Crippen LogP contribution in [0, 0.1) is 0 Å². The number of rotatable bonds is 6. The van der Waals surface area contributed by atoms with Gasteiger partial charge in [-0.05, 0) is 24.9 Å². The van der Waals surface area contributed by atoms with Gasteiger partial charge < -0.3 is 11.1 Å². The molecule has 0 radical (unpaired) electrons. The Bertz CT molecular complexity index is 209. The molecule has 0 saturated heterocycles. The van der Waals surface area contributed by atoms with E-state index in [1.165, 1.54) is 12.0 Å². The molecule has 0 aliphatic rings. The van der Waals surface area contributed by atoms with Gasteiger partial charge in [0, 0.05) is 13.1 Å². The number of hydrogen-bond donors (Lipinski definition) is 2. The monoisotopic (exact) mass is 178 g/mol. The molecule has 0 bridgehead atoms. The molecule has 0 aliphatic heterocycles. The van der Waals surface area contributed by atoms with E-state index < -0.39 is 0 Å². The van der Waals surface area contributed by atoms with Gasteiger partial charge in [-0.2, -0.15) is 0 Å². The van der Waals surface area contributed by atoms with Crippen LogP contribution in [0.3, 0.4) is 0 Å². The summed E-state index contributed by atoms with van der Waals surface area (Å²) in [6.45, 7) is 2.71. The van der Waals surface area contributed by atoms with Crippen LogP contribution in [-0.4, -0.2) is 19.6 Å². The van der Waals surface area contributed by atoms with Crippen LogP contribution in [-0.2, 0) is 6.42 Å². The minimum atomic E-state index is 0.728. The maximum Gasteiger partial charge on any atom is 0.00745 e. The molecule has 1 aromatic rings. The average Bonchev–Trinajstić information content (AvgIpc) is 2.19. The molecule has 0 spiro atoms. The summed E-state index contributed by atoms with van der Waals surface area (Å²) in [4.78, 5) is 0. The zero-order valence-corrected chi connectivity index (χ0v) is 8.00. The second-order valence-corrected chi connectivity index (χ2v) is 3.13. The molecule has 3 N–H and O–H groups in total. The Kier molecular flexibility index (Phi) is 5.22. The molecule has 0 aliphatic carbocycles. The van der Waals surface area contributed by atoms with Gasteiger partial charge in [0.2, 0.25) is 0 Å². The van der Waals surface area contributed by atoms with E-state index in [9.17, 15) is 0 Å². The predicted molar refractivity (Wildman–Crippen MR) is 56.7 cm³/mol. The molecule has 0 amide bonds. The van der Waals surface area contributed by atoms with Crippen LogP contribution in [0.1, 0.15) is 12.0 Å². The average molecular weight is 178 g/mol. The Morgan fingerprint density at radius 2 is 1.85 bits per heavy atom. The standard InChI is InChI=1S/C11H18N2/c12-8-10-13-9-4-7-11-5-2-1-3-6-11/h1-3,5-6,13H,4,7-10,12H2. The van der Waals surface area contributed by atoms with Gasteiger partial charge in [-0.15, -0.1) is 0 Å². The summed E-state index contributed by atoms with van der Waals surface area (Å²) in [7, 11) is 0. The molecule has 0 aromatic heterocycles. The van der Waals surface area contributed by atoms with Crippen LogP contribution >= 0.6 is 0 Å². The molecule has 0 unspecified atom stereocenters. The Morgan fingerprint density at radius 1 is 1.08 bits per heavy atom. The number of benzene rings is 1. The van der Waals surface area contributed by atoms with Gasteiger partial charge in [-0.1, -0.05) is 30.3 Å². The molecular weight excluding hydrogens is 160 g/mol. The lowest BCUT2D eigenvalue weighted by atomic mass is 10.1. The van der Waals surface area contributed by atoms with E-state index in [-0.39, 0.29) is 0 Å². The first-order chi connectivity index (χ1) is 6.43. The lowest BCUT2D eigenvalue weighted by molar-refractivity contribution is 0.653. The Labute approximate surface area is 80.1 Å². The third-order valence-electron chi connectivity index (χ3n) is 1.98. The molecule has 1 aromatic carbocycles. The highest BCUT2D eigenvalue weighted by atomic mass is 14.9. The van der Waals surface area contributed by atoms with Crippen LogP contribution in [0.5, 0.6) is 0 Å². The van der Waals surface area contributed by atoms with Crippen molar-refractivity contribution >= 4 is 0 Å². The van der Waals surface area contributed by atoms with Crippen molar-refractivity contribution in [2.75, 3.05) is 19.6 Å². The SMILES string of the molecule is NCCNCCCc1ccccc1. The van der Waals surface area contributed by atoms with Gasteiger partial charge >= 0.3 is 0 Å². The first-order valence-corrected chi connectivity index (χ1v) is 4.88. The third kappa shape index (κ3) is 4.65. The smallest absolute Gasteiger partial charge is 0.00745 e. The Balaban J connectivity index is 2.07. The molecule has 0 saturated carbocycles. The number of hydrogen-bond acceptors (Lipinski definition) is 2. The molecule has 1 rings (SSSR count). The van der Waals surface area contributed by atoms with Crippen LogP contribution < -0.4 is 11.1 Å². The van der Waals surface area contributed by atoms with Crippen LogP contribution in [0.15, 0.2) is 30.3 Å². The second-order valence-electron chi connectivity index (χ2n) is 3.13. The minimum absolute atomic E-state index is 0.728. The molecule has 72 valence electrons. The van der Waals surface area contributed by atoms with E-state index in [1.807, 2.05) is 0 Å². The summed E-state index contributed by atoms with van der Waals surface area (Å²) in [6, 6.07) is 10.6. The first kappa shape index (κ1) is 10.2. The van der Waals surface area contributed by atoms with Crippen molar-refractivity contribution < 1.29 is 0 Å². The largest absolute Gasteiger partial charge is 0.329 e. The number of nitrogens with two attached hydrogens (primary N) is 1. The fourth-order valence-electron chi connectivity index (χ4n) is 1.29. The Hall–Kier alpha value is -0.860. The van der Waals surface area contributed by atoms with E-state index in [2.05, 4.69) is 35.6 Å². The van der Waals surface area contributed by atoms with Crippen molar-refractivity contribution in [2.24, 2.45) is 5.73 Å². The maximum absolute atomic E-state index is 5.36. The molecule has 0 atom stereocenters. The van der Waals surface area contributed by atoms with Gasteiger partial charge in [-0.3, -0.25) is 0 Å². The van der Waals surface area contributed by atoms with Gasteiger partial charge in [0.25, 0.3) is 0 Å². The van der Waals surface area contributed by atoms with Crippen LogP contribution in [0.4, 0.5) is 0 Å². The van der Waals surface area contributed by atoms with E-state index >= 15 is 0 Å². The normalized spacial score (nSPS) is 10.2. The predicted octanol–water partition coefficient (Wildman–Crippen LogP) is 1.17. The summed E-state index contributed by atoms with van der Waals surface area (Å²) in [5.74, 6) is 0. The van der Waals surface area contributed by atoms with E-state index in [1.54, 1.807) is 0 Å². The van der Waals surface area contributed by atoms with Gasteiger partial charge in [-0.25, -0.2) is 0 Å². The summed E-state index contributed by atoms with van der Waals surface area (Å²) < 4.78 is 0. The fraction of sp³-hybridized carbons (Fsp3) is 0.455. The zero-order chi connectivity index (χ0) is 9.36. The highest BCUT2D eigenvalue weighted by Crippen LogP contribution is 2.00.